The molecule has 0 aromatic heterocycles. The fraction of sp³-hybridized carbons (Fsp3) is 0.0714. The number of nitro groups is 1. The maximum atomic E-state index is 10.8. The second-order valence-electron chi connectivity index (χ2n) is 4.14. The minimum atomic E-state index is -0.434. The zero-order valence-electron chi connectivity index (χ0n) is 10.9. The van der Waals surface area contributed by atoms with Crippen LogP contribution in [0, 0.1) is 13.7 Å². The van der Waals surface area contributed by atoms with E-state index >= 15 is 0 Å². The van der Waals surface area contributed by atoms with Crippen molar-refractivity contribution in [1.29, 1.82) is 0 Å². The van der Waals surface area contributed by atoms with Crippen molar-refractivity contribution in [3.63, 3.8) is 0 Å². The summed E-state index contributed by atoms with van der Waals surface area (Å²) in [4.78, 5) is 14.7. The summed E-state index contributed by atoms with van der Waals surface area (Å²) in [6.45, 7) is 0.450. The summed E-state index contributed by atoms with van der Waals surface area (Å²) < 4.78 is 0.754. The molecule has 5 nitrogen and oxygen atoms in total. The molecule has 0 atom stereocenters. The van der Waals surface area contributed by atoms with Gasteiger partial charge in [0.05, 0.1) is 11.5 Å². The molecular weight excluding hydrogens is 405 g/mol. The largest absolute Gasteiger partial charge is 0.383 e. The molecule has 0 saturated carbocycles. The van der Waals surface area contributed by atoms with Crippen LogP contribution in [0.1, 0.15) is 11.1 Å². The van der Waals surface area contributed by atoms with Crippen molar-refractivity contribution in [2.75, 3.05) is 0 Å². The molecule has 0 aliphatic carbocycles. The molecule has 0 spiro atoms. The first-order valence-corrected chi connectivity index (χ1v) is 6.93. The first-order chi connectivity index (χ1) is 9.56. The number of benzene rings is 2. The van der Waals surface area contributed by atoms with Crippen molar-refractivity contribution in [3.8, 4) is 0 Å². The smallest absolute Gasteiger partial charge is 0.271 e. The minimum absolute atomic E-state index is 0. The monoisotopic (exact) mass is 417 g/mol. The van der Waals surface area contributed by atoms with E-state index in [0.29, 0.717) is 17.9 Å². The molecule has 110 valence electrons. The van der Waals surface area contributed by atoms with Gasteiger partial charge in [-0.25, -0.2) is 0 Å². The molecule has 0 unspecified atom stereocenters. The number of halogens is 2. The van der Waals surface area contributed by atoms with Gasteiger partial charge in [0.1, 0.15) is 5.84 Å². The van der Waals surface area contributed by atoms with Gasteiger partial charge in [0.25, 0.3) is 5.69 Å². The van der Waals surface area contributed by atoms with Gasteiger partial charge in [0.2, 0.25) is 0 Å². The second-order valence-corrected chi connectivity index (χ2v) is 5.39. The van der Waals surface area contributed by atoms with E-state index in [-0.39, 0.29) is 18.1 Å². The Morgan fingerprint density at radius 2 is 1.90 bits per heavy atom. The Morgan fingerprint density at radius 3 is 2.52 bits per heavy atom. The van der Waals surface area contributed by atoms with Crippen LogP contribution in [0.4, 0.5) is 5.69 Å². The topological polar surface area (TPSA) is 81.5 Å². The number of nitro benzene ring substituents is 1. The number of hydrogen-bond donors (Lipinski definition) is 1. The molecule has 0 saturated heterocycles. The van der Waals surface area contributed by atoms with Crippen molar-refractivity contribution in [2.24, 2.45) is 10.7 Å². The summed E-state index contributed by atoms with van der Waals surface area (Å²) in [5.41, 5.74) is 7.53. The molecule has 2 aromatic carbocycles. The highest BCUT2D eigenvalue weighted by Crippen LogP contribution is 2.18. The normalized spacial score (nSPS) is 10.8. The molecule has 0 amide bonds. The third-order valence-corrected chi connectivity index (χ3v) is 3.29. The molecule has 0 aliphatic heterocycles. The molecule has 7 heteroatoms. The third-order valence-electron chi connectivity index (χ3n) is 2.66. The Labute approximate surface area is 142 Å². The fourth-order valence-corrected chi connectivity index (χ4v) is 2.33. The van der Waals surface area contributed by atoms with Gasteiger partial charge in [-0.3, -0.25) is 15.1 Å². The summed E-state index contributed by atoms with van der Waals surface area (Å²) in [5.74, 6) is 0.301. The zero-order valence-corrected chi connectivity index (χ0v) is 13.9. The Hall–Kier alpha value is -1.67. The van der Waals surface area contributed by atoms with Gasteiger partial charge in [0, 0.05) is 21.3 Å². The summed E-state index contributed by atoms with van der Waals surface area (Å²) in [5, 5.41) is 10.8. The minimum Gasteiger partial charge on any atom is -0.383 e. The third kappa shape index (κ3) is 4.98. The molecule has 0 heterocycles. The first-order valence-electron chi connectivity index (χ1n) is 5.85. The number of rotatable bonds is 4. The predicted octanol–water partition coefficient (Wildman–Crippen LogP) is 3.53. The second kappa shape index (κ2) is 7.94. The molecular formula is C14H13ClIN3O2. The Balaban J connectivity index is 0.00000220. The van der Waals surface area contributed by atoms with Crippen molar-refractivity contribution in [1.82, 2.24) is 0 Å². The van der Waals surface area contributed by atoms with Gasteiger partial charge in [0.15, 0.2) is 0 Å². The lowest BCUT2D eigenvalue weighted by Crippen LogP contribution is -2.14. The first kappa shape index (κ1) is 17.4. The number of amidine groups is 1. The highest BCUT2D eigenvalue weighted by molar-refractivity contribution is 14.1. The van der Waals surface area contributed by atoms with Crippen LogP contribution in [0.3, 0.4) is 0 Å². The van der Waals surface area contributed by atoms with Crippen LogP contribution in [0.25, 0.3) is 0 Å². The number of non-ortho nitro benzene ring substituents is 1. The van der Waals surface area contributed by atoms with Gasteiger partial charge in [-0.05, 0) is 34.2 Å². The van der Waals surface area contributed by atoms with Crippen LogP contribution in [-0.2, 0) is 6.54 Å². The fourth-order valence-electron chi connectivity index (χ4n) is 1.68. The molecule has 0 bridgehead atoms. The lowest BCUT2D eigenvalue weighted by Gasteiger charge is -2.03. The highest BCUT2D eigenvalue weighted by atomic mass is 127. The van der Waals surface area contributed by atoms with E-state index in [4.69, 9.17) is 5.73 Å². The number of hydrogen-bond acceptors (Lipinski definition) is 3. The molecule has 0 fully saturated rings. The average Bonchev–Trinajstić information content (AvgIpc) is 2.45. The van der Waals surface area contributed by atoms with Gasteiger partial charge >= 0.3 is 0 Å². The van der Waals surface area contributed by atoms with Gasteiger partial charge in [-0.1, -0.05) is 30.3 Å². The Bertz CT molecular complexity index is 663. The molecule has 2 aromatic rings. The summed E-state index contributed by atoms with van der Waals surface area (Å²) in [7, 11) is 0. The summed E-state index contributed by atoms with van der Waals surface area (Å²) in [6, 6.07) is 14.4. The Morgan fingerprint density at radius 1 is 1.24 bits per heavy atom. The van der Waals surface area contributed by atoms with Crippen molar-refractivity contribution >= 4 is 46.5 Å². The Kier molecular flexibility index (Phi) is 6.57. The van der Waals surface area contributed by atoms with Crippen LogP contribution >= 0.6 is 35.0 Å². The predicted molar refractivity (Wildman–Crippen MR) is 93.9 cm³/mol. The molecule has 0 aliphatic rings. The standard InChI is InChI=1S/C14H12IN3O2.ClH/c15-12-6-11(7-13(8-12)18(19)20)14(16)17-9-10-4-2-1-3-5-10;/h1-8H,9H2,(H2,16,17);1H. The lowest BCUT2D eigenvalue weighted by atomic mass is 10.2. The van der Waals surface area contributed by atoms with E-state index in [1.807, 2.05) is 52.9 Å². The maximum Gasteiger partial charge on any atom is 0.271 e. The number of aliphatic imine (C=N–C) groups is 1. The van der Waals surface area contributed by atoms with Crippen molar-refractivity contribution < 1.29 is 4.92 Å². The van der Waals surface area contributed by atoms with Crippen LogP contribution in [0.15, 0.2) is 53.5 Å². The maximum absolute atomic E-state index is 10.8. The molecule has 0 radical (unpaired) electrons. The van der Waals surface area contributed by atoms with Crippen LogP contribution in [0.2, 0.25) is 0 Å². The summed E-state index contributed by atoms with van der Waals surface area (Å²) >= 11 is 2.02. The number of nitrogens with two attached hydrogens (primary N) is 1. The van der Waals surface area contributed by atoms with Crippen molar-refractivity contribution in [3.05, 3.63) is 73.3 Å². The number of nitrogens with zero attached hydrogens (tertiary/aromatic N) is 2. The van der Waals surface area contributed by atoms with E-state index in [2.05, 4.69) is 4.99 Å². The lowest BCUT2D eigenvalue weighted by molar-refractivity contribution is -0.385. The van der Waals surface area contributed by atoms with Gasteiger partial charge < -0.3 is 5.73 Å². The van der Waals surface area contributed by atoms with E-state index in [1.54, 1.807) is 6.07 Å². The highest BCUT2D eigenvalue weighted by Gasteiger charge is 2.10. The van der Waals surface area contributed by atoms with E-state index < -0.39 is 4.92 Å². The van der Waals surface area contributed by atoms with Gasteiger partial charge in [-0.2, -0.15) is 0 Å². The van der Waals surface area contributed by atoms with Crippen molar-refractivity contribution in [2.45, 2.75) is 6.54 Å². The van der Waals surface area contributed by atoms with Crippen LogP contribution in [0.5, 0.6) is 0 Å². The van der Waals surface area contributed by atoms with E-state index in [0.717, 1.165) is 9.13 Å². The quantitative estimate of drug-likeness (QED) is 0.272. The van der Waals surface area contributed by atoms with Crippen LogP contribution in [-0.4, -0.2) is 10.8 Å². The van der Waals surface area contributed by atoms with Gasteiger partial charge in [-0.15, -0.1) is 12.4 Å². The van der Waals surface area contributed by atoms with Crippen LogP contribution < -0.4 is 5.73 Å². The molecule has 2 N–H and O–H groups in total. The zero-order chi connectivity index (χ0) is 14.5. The van der Waals surface area contributed by atoms with E-state index in [9.17, 15) is 10.1 Å². The molecule has 21 heavy (non-hydrogen) atoms. The SMILES string of the molecule is Cl.NC(=NCc1ccccc1)c1cc(I)cc([N+](=O)[O-])c1. The molecule has 2 rings (SSSR count). The summed E-state index contributed by atoms with van der Waals surface area (Å²) in [6.07, 6.45) is 0. The van der Waals surface area contributed by atoms with E-state index in [1.165, 1.54) is 12.1 Å². The average molecular weight is 418 g/mol.